The molecule has 174 valence electrons. The van der Waals surface area contributed by atoms with Gasteiger partial charge in [0.1, 0.15) is 12.2 Å². The number of pyridine rings is 1. The SMILES string of the molecule is N#Cc1ccc(OC[C@]23COC[C@H]2CN(C(=O)C2CC(F)C2)C3)nc1.O=C(O)C(F)(F)F. The van der Waals surface area contributed by atoms with Crippen LogP contribution in [0.25, 0.3) is 0 Å². The summed E-state index contributed by atoms with van der Waals surface area (Å²) in [6.45, 7) is 2.81. The fourth-order valence-electron chi connectivity index (χ4n) is 3.96. The Morgan fingerprint density at radius 1 is 1.38 bits per heavy atom. The van der Waals surface area contributed by atoms with Gasteiger partial charge in [-0.1, -0.05) is 0 Å². The summed E-state index contributed by atoms with van der Waals surface area (Å²) in [7, 11) is 0. The van der Waals surface area contributed by atoms with Gasteiger partial charge in [0.25, 0.3) is 0 Å². The molecule has 1 amide bonds. The van der Waals surface area contributed by atoms with Crippen LogP contribution in [0.2, 0.25) is 0 Å². The monoisotopic (exact) mass is 459 g/mol. The second-order valence-corrected chi connectivity index (χ2v) is 8.15. The van der Waals surface area contributed by atoms with E-state index in [1.807, 2.05) is 11.0 Å². The Morgan fingerprint density at radius 2 is 2.06 bits per heavy atom. The van der Waals surface area contributed by atoms with E-state index in [0.717, 1.165) is 0 Å². The molecule has 1 saturated carbocycles. The summed E-state index contributed by atoms with van der Waals surface area (Å²) < 4.78 is 56.3. The highest BCUT2D eigenvalue weighted by Gasteiger charge is 2.53. The molecule has 12 heteroatoms. The van der Waals surface area contributed by atoms with Crippen molar-refractivity contribution in [3.8, 4) is 11.9 Å². The molecule has 0 aromatic carbocycles. The number of fused-ring (bicyclic) bond motifs is 1. The topological polar surface area (TPSA) is 113 Å². The maximum absolute atomic E-state index is 13.0. The van der Waals surface area contributed by atoms with Gasteiger partial charge in [-0.2, -0.15) is 18.4 Å². The standard InChI is InChI=1S/C18H20FN3O3.C2HF3O2/c19-15-3-13(4-15)17(23)22-7-14-8-24-10-18(14,9-22)11-25-16-2-1-12(5-20)6-21-16;3-2(4,5)1(6)7/h1-2,6,13-15H,3-4,7-11H2;(H,6,7)/t13?,14-,15?,18+;/m1./s1. The number of nitriles is 1. The van der Waals surface area contributed by atoms with Crippen LogP contribution in [-0.2, 0) is 14.3 Å². The molecule has 2 atom stereocenters. The zero-order chi connectivity index (χ0) is 23.5. The number of hydrogen-bond acceptors (Lipinski definition) is 6. The molecule has 3 aliphatic rings. The quantitative estimate of drug-likeness (QED) is 0.687. The number of alkyl halides is 4. The molecule has 1 N–H and O–H groups in total. The molecule has 0 spiro atoms. The van der Waals surface area contributed by atoms with Crippen molar-refractivity contribution in [2.45, 2.75) is 25.2 Å². The highest BCUT2D eigenvalue weighted by Crippen LogP contribution is 2.43. The Kier molecular flexibility index (Phi) is 6.88. The summed E-state index contributed by atoms with van der Waals surface area (Å²) in [4.78, 5) is 27.4. The lowest BCUT2D eigenvalue weighted by atomic mass is 9.81. The molecule has 1 aromatic heterocycles. The minimum atomic E-state index is -5.08. The lowest BCUT2D eigenvalue weighted by molar-refractivity contribution is -0.192. The maximum Gasteiger partial charge on any atom is 0.490 e. The Hall–Kier alpha value is -2.94. The smallest absolute Gasteiger partial charge is 0.477 e. The first kappa shape index (κ1) is 23.7. The molecule has 0 bridgehead atoms. The third kappa shape index (κ3) is 5.27. The van der Waals surface area contributed by atoms with Crippen LogP contribution >= 0.6 is 0 Å². The summed E-state index contributed by atoms with van der Waals surface area (Å²) in [6, 6.07) is 5.36. The van der Waals surface area contributed by atoms with Gasteiger partial charge >= 0.3 is 12.1 Å². The number of nitrogens with zero attached hydrogens (tertiary/aromatic N) is 3. The van der Waals surface area contributed by atoms with Crippen molar-refractivity contribution in [2.75, 3.05) is 32.9 Å². The van der Waals surface area contributed by atoms with E-state index >= 15 is 0 Å². The lowest BCUT2D eigenvalue weighted by Crippen LogP contribution is -2.43. The van der Waals surface area contributed by atoms with Gasteiger partial charge < -0.3 is 19.5 Å². The van der Waals surface area contributed by atoms with E-state index in [1.54, 1.807) is 12.1 Å². The second-order valence-electron chi connectivity index (χ2n) is 8.15. The summed E-state index contributed by atoms with van der Waals surface area (Å²) in [5, 5.41) is 15.9. The summed E-state index contributed by atoms with van der Waals surface area (Å²) in [5.74, 6) is -2.15. The Morgan fingerprint density at radius 3 is 2.59 bits per heavy atom. The van der Waals surface area contributed by atoms with E-state index in [4.69, 9.17) is 24.6 Å². The molecule has 2 saturated heterocycles. The molecule has 1 aromatic rings. The molecule has 4 rings (SSSR count). The van der Waals surface area contributed by atoms with Gasteiger partial charge in [-0.25, -0.2) is 14.2 Å². The van der Waals surface area contributed by atoms with Gasteiger partial charge in [0.05, 0.1) is 30.8 Å². The molecule has 32 heavy (non-hydrogen) atoms. The van der Waals surface area contributed by atoms with Crippen molar-refractivity contribution in [3.63, 3.8) is 0 Å². The number of ether oxygens (including phenoxy) is 2. The van der Waals surface area contributed by atoms with Crippen LogP contribution in [0, 0.1) is 28.6 Å². The van der Waals surface area contributed by atoms with Gasteiger partial charge in [-0.15, -0.1) is 0 Å². The van der Waals surface area contributed by atoms with Crippen LogP contribution < -0.4 is 4.74 Å². The van der Waals surface area contributed by atoms with Crippen molar-refractivity contribution in [1.82, 2.24) is 9.88 Å². The van der Waals surface area contributed by atoms with E-state index < -0.39 is 18.3 Å². The summed E-state index contributed by atoms with van der Waals surface area (Å²) in [6.07, 6.45) is -3.71. The zero-order valence-corrected chi connectivity index (χ0v) is 16.8. The number of halogens is 4. The van der Waals surface area contributed by atoms with E-state index in [9.17, 15) is 22.4 Å². The second kappa shape index (κ2) is 9.28. The van der Waals surface area contributed by atoms with Crippen LogP contribution in [0.1, 0.15) is 18.4 Å². The molecular weight excluding hydrogens is 438 g/mol. The fraction of sp³-hybridized carbons (Fsp3) is 0.600. The molecular formula is C20H21F4N3O5. The number of carboxylic acid groups (broad SMARTS) is 1. The predicted molar refractivity (Wildman–Crippen MR) is 99.1 cm³/mol. The van der Waals surface area contributed by atoms with Crippen LogP contribution in [0.3, 0.4) is 0 Å². The van der Waals surface area contributed by atoms with Crippen molar-refractivity contribution in [2.24, 2.45) is 17.3 Å². The van der Waals surface area contributed by atoms with Crippen LogP contribution in [0.5, 0.6) is 5.88 Å². The molecule has 3 heterocycles. The van der Waals surface area contributed by atoms with Crippen molar-refractivity contribution >= 4 is 11.9 Å². The Labute approximate surface area is 180 Å². The fourth-order valence-corrected chi connectivity index (χ4v) is 3.96. The summed E-state index contributed by atoms with van der Waals surface area (Å²) in [5.41, 5.74) is 0.251. The molecule has 2 aliphatic heterocycles. The molecule has 8 nitrogen and oxygen atoms in total. The minimum absolute atomic E-state index is 0.0687. The molecule has 1 aliphatic carbocycles. The number of likely N-dealkylation sites (tertiary alicyclic amines) is 1. The predicted octanol–water partition coefficient (Wildman–Crippen LogP) is 2.19. The zero-order valence-electron chi connectivity index (χ0n) is 16.8. The first-order valence-electron chi connectivity index (χ1n) is 9.84. The van der Waals surface area contributed by atoms with Crippen LogP contribution in [0.4, 0.5) is 17.6 Å². The molecule has 0 unspecified atom stereocenters. The van der Waals surface area contributed by atoms with Crippen LogP contribution in [0.15, 0.2) is 18.3 Å². The minimum Gasteiger partial charge on any atom is -0.477 e. The summed E-state index contributed by atoms with van der Waals surface area (Å²) >= 11 is 0. The average molecular weight is 459 g/mol. The van der Waals surface area contributed by atoms with E-state index in [1.165, 1.54) is 6.20 Å². The van der Waals surface area contributed by atoms with Gasteiger partial charge in [0.15, 0.2) is 0 Å². The van der Waals surface area contributed by atoms with Crippen molar-refractivity contribution in [3.05, 3.63) is 23.9 Å². The number of aliphatic carboxylic acids is 1. The number of carbonyl (C=O) groups is 2. The highest BCUT2D eigenvalue weighted by molar-refractivity contribution is 5.80. The largest absolute Gasteiger partial charge is 0.490 e. The van der Waals surface area contributed by atoms with Gasteiger partial charge in [-0.05, 0) is 18.9 Å². The Balaban J connectivity index is 0.000000360. The third-order valence-electron chi connectivity index (χ3n) is 5.88. The number of carboxylic acids is 1. The van der Waals surface area contributed by atoms with Gasteiger partial charge in [0, 0.05) is 37.2 Å². The first-order valence-corrected chi connectivity index (χ1v) is 9.84. The average Bonchev–Trinajstić information content (AvgIpc) is 3.27. The van der Waals surface area contributed by atoms with Crippen molar-refractivity contribution < 1.29 is 41.7 Å². The van der Waals surface area contributed by atoms with Crippen molar-refractivity contribution in [1.29, 1.82) is 5.26 Å². The van der Waals surface area contributed by atoms with E-state index in [0.29, 0.717) is 57.2 Å². The van der Waals surface area contributed by atoms with Crippen LogP contribution in [-0.4, -0.2) is 72.1 Å². The number of aromatic nitrogens is 1. The highest BCUT2D eigenvalue weighted by atomic mass is 19.4. The normalized spacial score (nSPS) is 28.6. The number of hydrogen-bond donors (Lipinski definition) is 1. The molecule has 0 radical (unpaired) electrons. The third-order valence-corrected chi connectivity index (χ3v) is 5.88. The maximum atomic E-state index is 13.0. The van der Waals surface area contributed by atoms with Gasteiger partial charge in [0.2, 0.25) is 11.8 Å². The number of rotatable bonds is 4. The number of carbonyl (C=O) groups excluding carboxylic acids is 1. The number of amides is 1. The van der Waals surface area contributed by atoms with E-state index in [2.05, 4.69) is 4.98 Å². The van der Waals surface area contributed by atoms with Gasteiger partial charge in [-0.3, -0.25) is 4.79 Å². The lowest BCUT2D eigenvalue weighted by Gasteiger charge is -2.33. The molecule has 3 fully saturated rings. The Bertz CT molecular complexity index is 883. The first-order chi connectivity index (χ1) is 15.0. The van der Waals surface area contributed by atoms with E-state index in [-0.39, 0.29) is 23.2 Å².